The minimum absolute atomic E-state index is 0.590. The van der Waals surface area contributed by atoms with Gasteiger partial charge in [-0.05, 0) is 50.7 Å². The quantitative estimate of drug-likeness (QED) is 0.749. The summed E-state index contributed by atoms with van der Waals surface area (Å²) in [4.78, 5) is 2.13. The Morgan fingerprint density at radius 1 is 1.24 bits per heavy atom. The lowest BCUT2D eigenvalue weighted by Gasteiger charge is -2.35. The third-order valence-corrected chi connectivity index (χ3v) is 3.53. The number of nitriles is 1. The Hall–Kier alpha value is -1.47. The van der Waals surface area contributed by atoms with Gasteiger partial charge in [-0.3, -0.25) is 0 Å². The number of benzene rings is 1. The predicted octanol–water partition coefficient (Wildman–Crippen LogP) is 2.45. The minimum atomic E-state index is -0.879. The Morgan fingerprint density at radius 3 is 2.41 bits per heavy atom. The van der Waals surface area contributed by atoms with Crippen molar-refractivity contribution in [3.63, 3.8) is 0 Å². The fourth-order valence-electron chi connectivity index (χ4n) is 2.26. The van der Waals surface area contributed by atoms with E-state index in [1.165, 1.54) is 6.07 Å². The van der Waals surface area contributed by atoms with Crippen molar-refractivity contribution in [2.24, 2.45) is 0 Å². The summed E-state index contributed by atoms with van der Waals surface area (Å²) in [7, 11) is 1.99. The lowest BCUT2D eigenvalue weighted by molar-refractivity contribution is 0.221. The molecule has 1 heterocycles. The largest absolute Gasteiger partial charge is 0.306 e. The topological polar surface area (TPSA) is 27.0 Å². The van der Waals surface area contributed by atoms with Gasteiger partial charge in [0.05, 0.1) is 11.5 Å². The van der Waals surface area contributed by atoms with Crippen molar-refractivity contribution in [1.82, 2.24) is 4.90 Å². The van der Waals surface area contributed by atoms with Crippen LogP contribution in [0.3, 0.4) is 0 Å². The molecule has 2 nitrogen and oxygen atoms in total. The molecular weight excluding hydrogens is 222 g/mol. The van der Waals surface area contributed by atoms with E-state index in [0.29, 0.717) is 18.4 Å². The Kier molecular flexibility index (Phi) is 3.12. The van der Waals surface area contributed by atoms with Crippen LogP contribution < -0.4 is 0 Å². The van der Waals surface area contributed by atoms with Crippen LogP contribution in [-0.4, -0.2) is 25.0 Å². The van der Waals surface area contributed by atoms with Gasteiger partial charge in [0, 0.05) is 0 Å². The van der Waals surface area contributed by atoms with Crippen LogP contribution >= 0.6 is 0 Å². The summed E-state index contributed by atoms with van der Waals surface area (Å²) in [5.74, 6) is -1.74. The SMILES string of the molecule is CN1CCC(C#N)(c2ccc(F)c(F)c2)CC1. The van der Waals surface area contributed by atoms with Crippen LogP contribution in [0.4, 0.5) is 8.78 Å². The molecule has 1 aliphatic rings. The van der Waals surface area contributed by atoms with Crippen molar-refractivity contribution < 1.29 is 8.78 Å². The van der Waals surface area contributed by atoms with E-state index >= 15 is 0 Å². The van der Waals surface area contributed by atoms with Crippen LogP contribution in [0, 0.1) is 23.0 Å². The molecule has 90 valence electrons. The van der Waals surface area contributed by atoms with E-state index in [2.05, 4.69) is 11.0 Å². The zero-order valence-corrected chi connectivity index (χ0v) is 9.71. The maximum Gasteiger partial charge on any atom is 0.159 e. The van der Waals surface area contributed by atoms with E-state index in [1.54, 1.807) is 0 Å². The number of halogens is 2. The molecule has 1 aromatic carbocycles. The van der Waals surface area contributed by atoms with Crippen LogP contribution in [0.2, 0.25) is 0 Å². The van der Waals surface area contributed by atoms with E-state index in [1.807, 2.05) is 7.05 Å². The van der Waals surface area contributed by atoms with Gasteiger partial charge in [-0.2, -0.15) is 5.26 Å². The van der Waals surface area contributed by atoms with Gasteiger partial charge in [-0.1, -0.05) is 6.07 Å². The van der Waals surface area contributed by atoms with Crippen molar-refractivity contribution in [1.29, 1.82) is 5.26 Å². The first-order valence-electron chi connectivity index (χ1n) is 5.63. The van der Waals surface area contributed by atoms with Crippen molar-refractivity contribution in [3.05, 3.63) is 35.4 Å². The highest BCUT2D eigenvalue weighted by Crippen LogP contribution is 2.35. The summed E-state index contributed by atoms with van der Waals surface area (Å²) in [6, 6.07) is 6.06. The van der Waals surface area contributed by atoms with Crippen LogP contribution in [0.5, 0.6) is 0 Å². The number of hydrogen-bond acceptors (Lipinski definition) is 2. The van der Waals surface area contributed by atoms with Gasteiger partial charge in [0.15, 0.2) is 11.6 Å². The van der Waals surface area contributed by atoms with E-state index in [9.17, 15) is 14.0 Å². The standard InChI is InChI=1S/C13H14F2N2/c1-17-6-4-13(9-16,5-7-17)10-2-3-11(14)12(15)8-10/h2-3,8H,4-7H2,1H3. The molecule has 1 saturated heterocycles. The highest BCUT2D eigenvalue weighted by atomic mass is 19.2. The summed E-state index contributed by atoms with van der Waals surface area (Å²) in [6.45, 7) is 1.60. The molecule has 0 aliphatic carbocycles. The lowest BCUT2D eigenvalue weighted by Crippen LogP contribution is -2.40. The highest BCUT2D eigenvalue weighted by molar-refractivity contribution is 5.34. The molecule has 0 radical (unpaired) electrons. The Morgan fingerprint density at radius 2 is 1.88 bits per heavy atom. The minimum Gasteiger partial charge on any atom is -0.306 e. The molecule has 1 aromatic rings. The molecule has 0 atom stereocenters. The molecule has 4 heteroatoms. The fraction of sp³-hybridized carbons (Fsp3) is 0.462. The van der Waals surface area contributed by atoms with Crippen molar-refractivity contribution in [2.75, 3.05) is 20.1 Å². The van der Waals surface area contributed by atoms with Crippen molar-refractivity contribution >= 4 is 0 Å². The predicted molar refractivity (Wildman–Crippen MR) is 60.4 cm³/mol. The molecule has 2 rings (SSSR count). The lowest BCUT2D eigenvalue weighted by atomic mass is 9.74. The molecule has 0 unspecified atom stereocenters. The van der Waals surface area contributed by atoms with Crippen molar-refractivity contribution in [2.45, 2.75) is 18.3 Å². The molecule has 0 saturated carbocycles. The number of hydrogen-bond donors (Lipinski definition) is 0. The summed E-state index contributed by atoms with van der Waals surface area (Å²) in [5, 5.41) is 9.36. The van der Waals surface area contributed by atoms with Gasteiger partial charge in [0.1, 0.15) is 0 Å². The summed E-state index contributed by atoms with van der Waals surface area (Å²) < 4.78 is 26.1. The summed E-state index contributed by atoms with van der Waals surface area (Å²) in [6.07, 6.45) is 1.32. The molecule has 0 aromatic heterocycles. The average Bonchev–Trinajstić information content (AvgIpc) is 2.34. The third kappa shape index (κ3) is 2.16. The van der Waals surface area contributed by atoms with E-state index in [-0.39, 0.29) is 0 Å². The Balaban J connectivity index is 2.35. The van der Waals surface area contributed by atoms with Crippen LogP contribution in [0.15, 0.2) is 18.2 Å². The highest BCUT2D eigenvalue weighted by Gasteiger charge is 2.36. The molecule has 0 bridgehead atoms. The number of nitrogens with zero attached hydrogens (tertiary/aromatic N) is 2. The molecule has 1 fully saturated rings. The first-order chi connectivity index (χ1) is 8.07. The zero-order chi connectivity index (χ0) is 12.5. The Bertz CT molecular complexity index is 457. The van der Waals surface area contributed by atoms with Gasteiger partial charge in [0.25, 0.3) is 0 Å². The van der Waals surface area contributed by atoms with Gasteiger partial charge < -0.3 is 4.90 Å². The van der Waals surface area contributed by atoms with Crippen LogP contribution in [0.25, 0.3) is 0 Å². The maximum absolute atomic E-state index is 13.2. The second-order valence-electron chi connectivity index (χ2n) is 4.63. The second kappa shape index (κ2) is 4.42. The smallest absolute Gasteiger partial charge is 0.159 e. The average molecular weight is 236 g/mol. The number of rotatable bonds is 1. The van der Waals surface area contributed by atoms with Gasteiger partial charge in [-0.15, -0.1) is 0 Å². The third-order valence-electron chi connectivity index (χ3n) is 3.53. The molecule has 17 heavy (non-hydrogen) atoms. The summed E-state index contributed by atoms with van der Waals surface area (Å²) in [5.41, 5.74) is -0.0758. The van der Waals surface area contributed by atoms with Crippen molar-refractivity contribution in [3.8, 4) is 6.07 Å². The van der Waals surface area contributed by atoms with E-state index < -0.39 is 17.0 Å². The van der Waals surface area contributed by atoms with Crippen LogP contribution in [0.1, 0.15) is 18.4 Å². The normalized spacial score (nSPS) is 19.9. The number of piperidine rings is 1. The van der Waals surface area contributed by atoms with Gasteiger partial charge >= 0.3 is 0 Å². The maximum atomic E-state index is 13.2. The second-order valence-corrected chi connectivity index (χ2v) is 4.63. The fourth-order valence-corrected chi connectivity index (χ4v) is 2.26. The molecule has 0 N–H and O–H groups in total. The van der Waals surface area contributed by atoms with Crippen LogP contribution in [-0.2, 0) is 5.41 Å². The first kappa shape index (κ1) is 12.0. The monoisotopic (exact) mass is 236 g/mol. The van der Waals surface area contributed by atoms with Gasteiger partial charge in [0.2, 0.25) is 0 Å². The molecular formula is C13H14F2N2. The van der Waals surface area contributed by atoms with E-state index in [0.717, 1.165) is 25.2 Å². The number of likely N-dealkylation sites (tertiary alicyclic amines) is 1. The molecule has 0 spiro atoms. The summed E-state index contributed by atoms with van der Waals surface area (Å²) >= 11 is 0. The van der Waals surface area contributed by atoms with Gasteiger partial charge in [-0.25, -0.2) is 8.78 Å². The molecule has 1 aliphatic heterocycles. The zero-order valence-electron chi connectivity index (χ0n) is 9.71. The molecule has 0 amide bonds. The van der Waals surface area contributed by atoms with E-state index in [4.69, 9.17) is 0 Å². The first-order valence-corrected chi connectivity index (χ1v) is 5.63. The Labute approximate surface area is 99.5 Å².